The SMILES string of the molecule is Cc1noc(NC(=O)c2ccc(C#N)cn2)c1C. The van der Waals surface area contributed by atoms with Crippen molar-refractivity contribution in [2.45, 2.75) is 13.8 Å². The van der Waals surface area contributed by atoms with Gasteiger partial charge in [0.25, 0.3) is 5.91 Å². The van der Waals surface area contributed by atoms with E-state index in [-0.39, 0.29) is 5.69 Å². The zero-order valence-corrected chi connectivity index (χ0v) is 9.89. The predicted molar refractivity (Wildman–Crippen MR) is 62.9 cm³/mol. The lowest BCUT2D eigenvalue weighted by Crippen LogP contribution is -2.13. The zero-order valence-electron chi connectivity index (χ0n) is 9.89. The van der Waals surface area contributed by atoms with Crippen LogP contribution < -0.4 is 5.32 Å². The number of rotatable bonds is 2. The molecule has 1 N–H and O–H groups in total. The number of hydrogen-bond donors (Lipinski definition) is 1. The Kier molecular flexibility index (Phi) is 3.06. The quantitative estimate of drug-likeness (QED) is 0.866. The van der Waals surface area contributed by atoms with Gasteiger partial charge in [-0.2, -0.15) is 5.26 Å². The lowest BCUT2D eigenvalue weighted by molar-refractivity contribution is 0.101. The van der Waals surface area contributed by atoms with Gasteiger partial charge < -0.3 is 4.52 Å². The molecule has 0 saturated heterocycles. The highest BCUT2D eigenvalue weighted by Gasteiger charge is 2.13. The van der Waals surface area contributed by atoms with E-state index in [1.807, 2.05) is 6.07 Å². The molecule has 2 rings (SSSR count). The highest BCUT2D eigenvalue weighted by atomic mass is 16.5. The fraction of sp³-hybridized carbons (Fsp3) is 0.167. The molecule has 0 atom stereocenters. The number of aromatic nitrogens is 2. The van der Waals surface area contributed by atoms with Crippen LogP contribution in [0.15, 0.2) is 22.9 Å². The van der Waals surface area contributed by atoms with Crippen molar-refractivity contribution in [1.29, 1.82) is 5.26 Å². The van der Waals surface area contributed by atoms with Gasteiger partial charge in [0, 0.05) is 11.8 Å². The van der Waals surface area contributed by atoms with Gasteiger partial charge in [0.15, 0.2) is 0 Å². The minimum Gasteiger partial charge on any atom is -0.338 e. The predicted octanol–water partition coefficient (Wildman–Crippen LogP) is 1.81. The number of nitriles is 1. The van der Waals surface area contributed by atoms with Crippen molar-refractivity contribution in [2.75, 3.05) is 5.32 Å². The van der Waals surface area contributed by atoms with E-state index in [0.717, 1.165) is 11.3 Å². The van der Waals surface area contributed by atoms with Crippen molar-refractivity contribution in [3.8, 4) is 6.07 Å². The molecule has 0 saturated carbocycles. The molecule has 0 spiro atoms. The highest BCUT2D eigenvalue weighted by molar-refractivity contribution is 6.02. The van der Waals surface area contributed by atoms with Gasteiger partial charge >= 0.3 is 0 Å². The molecule has 0 radical (unpaired) electrons. The maximum absolute atomic E-state index is 11.8. The molecule has 2 heterocycles. The third-order valence-corrected chi connectivity index (χ3v) is 2.51. The monoisotopic (exact) mass is 242 g/mol. The van der Waals surface area contributed by atoms with E-state index in [9.17, 15) is 4.79 Å². The van der Waals surface area contributed by atoms with E-state index in [1.165, 1.54) is 18.3 Å². The first-order valence-electron chi connectivity index (χ1n) is 5.22. The lowest BCUT2D eigenvalue weighted by Gasteiger charge is -2.01. The Bertz CT molecular complexity index is 623. The van der Waals surface area contributed by atoms with Crippen molar-refractivity contribution in [2.24, 2.45) is 0 Å². The van der Waals surface area contributed by atoms with Gasteiger partial charge in [-0.05, 0) is 26.0 Å². The summed E-state index contributed by atoms with van der Waals surface area (Å²) < 4.78 is 4.97. The van der Waals surface area contributed by atoms with Crippen molar-refractivity contribution in [3.05, 3.63) is 40.8 Å². The van der Waals surface area contributed by atoms with Crippen LogP contribution >= 0.6 is 0 Å². The zero-order chi connectivity index (χ0) is 13.1. The van der Waals surface area contributed by atoms with Crippen LogP contribution in [-0.4, -0.2) is 16.0 Å². The largest absolute Gasteiger partial charge is 0.338 e. The minimum absolute atomic E-state index is 0.211. The van der Waals surface area contributed by atoms with Crippen molar-refractivity contribution >= 4 is 11.8 Å². The molecular formula is C12H10N4O2. The van der Waals surface area contributed by atoms with E-state index in [4.69, 9.17) is 9.78 Å². The second kappa shape index (κ2) is 4.67. The van der Waals surface area contributed by atoms with Crippen molar-refractivity contribution in [1.82, 2.24) is 10.1 Å². The lowest BCUT2D eigenvalue weighted by atomic mass is 10.2. The molecule has 90 valence electrons. The van der Waals surface area contributed by atoms with E-state index < -0.39 is 5.91 Å². The first-order valence-corrected chi connectivity index (χ1v) is 5.22. The van der Waals surface area contributed by atoms with Crippen LogP contribution in [0.4, 0.5) is 5.88 Å². The summed E-state index contributed by atoms with van der Waals surface area (Å²) in [5.41, 5.74) is 2.11. The molecule has 0 aliphatic carbocycles. The Labute approximate surface area is 103 Å². The summed E-state index contributed by atoms with van der Waals surface area (Å²) in [6, 6.07) is 4.94. The number of carbonyl (C=O) groups is 1. The Balaban J connectivity index is 2.17. The number of hydrogen-bond acceptors (Lipinski definition) is 5. The molecule has 18 heavy (non-hydrogen) atoms. The molecule has 0 aromatic carbocycles. The number of aryl methyl sites for hydroxylation is 1. The van der Waals surface area contributed by atoms with E-state index in [2.05, 4.69) is 15.5 Å². The summed E-state index contributed by atoms with van der Waals surface area (Å²) in [4.78, 5) is 15.7. The number of pyridine rings is 1. The van der Waals surface area contributed by atoms with Gasteiger partial charge in [0.1, 0.15) is 11.8 Å². The molecule has 0 aliphatic heterocycles. The van der Waals surface area contributed by atoms with Gasteiger partial charge in [0.2, 0.25) is 5.88 Å². The Morgan fingerprint density at radius 1 is 1.44 bits per heavy atom. The Morgan fingerprint density at radius 2 is 2.22 bits per heavy atom. The van der Waals surface area contributed by atoms with Gasteiger partial charge in [0.05, 0.1) is 11.3 Å². The normalized spacial score (nSPS) is 9.83. The van der Waals surface area contributed by atoms with Crippen LogP contribution in [0, 0.1) is 25.2 Å². The van der Waals surface area contributed by atoms with E-state index in [0.29, 0.717) is 11.4 Å². The number of amides is 1. The van der Waals surface area contributed by atoms with Crippen LogP contribution in [-0.2, 0) is 0 Å². The summed E-state index contributed by atoms with van der Waals surface area (Å²) in [5.74, 6) is -0.0950. The number of carbonyl (C=O) groups excluding carboxylic acids is 1. The van der Waals surface area contributed by atoms with Gasteiger partial charge in [-0.3, -0.25) is 10.1 Å². The molecule has 6 nitrogen and oxygen atoms in total. The molecule has 2 aromatic heterocycles. The third kappa shape index (κ3) is 2.20. The molecule has 1 amide bonds. The summed E-state index contributed by atoms with van der Waals surface area (Å²) in [7, 11) is 0. The molecule has 0 bridgehead atoms. The summed E-state index contributed by atoms with van der Waals surface area (Å²) in [6.07, 6.45) is 1.34. The Hall–Kier alpha value is -2.68. The molecule has 6 heteroatoms. The summed E-state index contributed by atoms with van der Waals surface area (Å²) >= 11 is 0. The highest BCUT2D eigenvalue weighted by Crippen LogP contribution is 2.17. The first-order chi connectivity index (χ1) is 8.61. The summed E-state index contributed by atoms with van der Waals surface area (Å²) in [6.45, 7) is 3.59. The maximum atomic E-state index is 11.8. The van der Waals surface area contributed by atoms with Crippen LogP contribution in [0.1, 0.15) is 27.3 Å². The van der Waals surface area contributed by atoms with Crippen LogP contribution in [0.5, 0.6) is 0 Å². The average molecular weight is 242 g/mol. The second-order valence-electron chi connectivity index (χ2n) is 3.72. The molecule has 2 aromatic rings. The van der Waals surface area contributed by atoms with Crippen LogP contribution in [0.3, 0.4) is 0 Å². The third-order valence-electron chi connectivity index (χ3n) is 2.51. The van der Waals surface area contributed by atoms with Crippen molar-refractivity contribution < 1.29 is 9.32 Å². The average Bonchev–Trinajstić information content (AvgIpc) is 2.71. The molecule has 0 unspecified atom stereocenters. The fourth-order valence-electron chi connectivity index (χ4n) is 1.29. The second-order valence-corrected chi connectivity index (χ2v) is 3.72. The van der Waals surface area contributed by atoms with Gasteiger partial charge in [-0.15, -0.1) is 0 Å². The topological polar surface area (TPSA) is 91.8 Å². The maximum Gasteiger partial charge on any atom is 0.276 e. The van der Waals surface area contributed by atoms with E-state index >= 15 is 0 Å². The fourth-order valence-corrected chi connectivity index (χ4v) is 1.29. The van der Waals surface area contributed by atoms with Crippen LogP contribution in [0.2, 0.25) is 0 Å². The van der Waals surface area contributed by atoms with E-state index in [1.54, 1.807) is 13.8 Å². The van der Waals surface area contributed by atoms with Crippen LogP contribution in [0.25, 0.3) is 0 Å². The summed E-state index contributed by atoms with van der Waals surface area (Å²) in [5, 5.41) is 14.9. The first kappa shape index (κ1) is 11.8. The minimum atomic E-state index is -0.404. The molecule has 0 aliphatic rings. The number of nitrogens with zero attached hydrogens (tertiary/aromatic N) is 3. The standard InChI is InChI=1S/C12H10N4O2/c1-7-8(2)16-18-12(7)15-11(17)10-4-3-9(5-13)6-14-10/h3-4,6H,1-2H3,(H,15,17). The Morgan fingerprint density at radius 3 is 2.72 bits per heavy atom. The van der Waals surface area contributed by atoms with Gasteiger partial charge in [-0.1, -0.05) is 5.16 Å². The van der Waals surface area contributed by atoms with Crippen molar-refractivity contribution in [3.63, 3.8) is 0 Å². The molecule has 0 fully saturated rings. The number of anilines is 1. The van der Waals surface area contributed by atoms with Gasteiger partial charge in [-0.25, -0.2) is 4.98 Å². The number of nitrogens with one attached hydrogen (secondary N) is 1. The molecular weight excluding hydrogens is 232 g/mol. The smallest absolute Gasteiger partial charge is 0.276 e.